The standard InChI is InChI=1S/C11H15ClN2O/c1-7-3-4-9(6-10(7)12)14-11(15)5-8(2)13/h3-4,6,8H,5,13H2,1-2H3,(H,14,15). The number of rotatable bonds is 3. The molecule has 3 nitrogen and oxygen atoms in total. The van der Waals surface area contributed by atoms with Crippen LogP contribution in [0.2, 0.25) is 5.02 Å². The molecule has 1 aromatic rings. The zero-order chi connectivity index (χ0) is 11.4. The van der Waals surface area contributed by atoms with Crippen molar-refractivity contribution in [1.82, 2.24) is 0 Å². The lowest BCUT2D eigenvalue weighted by atomic mass is 10.2. The van der Waals surface area contributed by atoms with Crippen LogP contribution in [-0.4, -0.2) is 11.9 Å². The first-order valence-corrected chi connectivity index (χ1v) is 5.18. The molecule has 4 heteroatoms. The number of nitrogens with two attached hydrogens (primary N) is 1. The van der Waals surface area contributed by atoms with E-state index in [1.54, 1.807) is 13.0 Å². The van der Waals surface area contributed by atoms with Crippen molar-refractivity contribution in [2.45, 2.75) is 26.3 Å². The molecular formula is C11H15ClN2O. The molecule has 0 saturated carbocycles. The molecule has 82 valence electrons. The predicted octanol–water partition coefficient (Wildman–Crippen LogP) is 2.32. The van der Waals surface area contributed by atoms with E-state index in [0.717, 1.165) is 5.56 Å². The fourth-order valence-electron chi connectivity index (χ4n) is 1.18. The quantitative estimate of drug-likeness (QED) is 0.831. The number of benzene rings is 1. The van der Waals surface area contributed by atoms with Crippen molar-refractivity contribution in [1.29, 1.82) is 0 Å². The zero-order valence-electron chi connectivity index (χ0n) is 8.88. The highest BCUT2D eigenvalue weighted by atomic mass is 35.5. The highest BCUT2D eigenvalue weighted by Gasteiger charge is 2.06. The molecule has 1 rings (SSSR count). The molecule has 0 fully saturated rings. The van der Waals surface area contributed by atoms with Gasteiger partial charge in [-0.25, -0.2) is 0 Å². The zero-order valence-corrected chi connectivity index (χ0v) is 9.64. The highest BCUT2D eigenvalue weighted by Crippen LogP contribution is 2.19. The average molecular weight is 227 g/mol. The summed E-state index contributed by atoms with van der Waals surface area (Å²) in [5, 5.41) is 3.38. The number of carbonyl (C=O) groups is 1. The van der Waals surface area contributed by atoms with E-state index in [0.29, 0.717) is 17.1 Å². The Morgan fingerprint density at radius 3 is 2.80 bits per heavy atom. The Morgan fingerprint density at radius 2 is 2.27 bits per heavy atom. The first kappa shape index (κ1) is 12.0. The van der Waals surface area contributed by atoms with Crippen LogP contribution in [0.15, 0.2) is 18.2 Å². The first-order valence-electron chi connectivity index (χ1n) is 4.80. The van der Waals surface area contributed by atoms with Crippen LogP contribution in [0.25, 0.3) is 0 Å². The highest BCUT2D eigenvalue weighted by molar-refractivity contribution is 6.31. The van der Waals surface area contributed by atoms with E-state index in [1.807, 2.05) is 19.1 Å². The lowest BCUT2D eigenvalue weighted by Gasteiger charge is -2.08. The Hall–Kier alpha value is -1.06. The van der Waals surface area contributed by atoms with E-state index >= 15 is 0 Å². The van der Waals surface area contributed by atoms with Gasteiger partial charge in [-0.15, -0.1) is 0 Å². The molecule has 0 heterocycles. The van der Waals surface area contributed by atoms with Crippen molar-refractivity contribution >= 4 is 23.2 Å². The number of amides is 1. The second kappa shape index (κ2) is 5.14. The molecule has 0 aromatic heterocycles. The summed E-state index contributed by atoms with van der Waals surface area (Å²) < 4.78 is 0. The third-order valence-corrected chi connectivity index (χ3v) is 2.37. The summed E-state index contributed by atoms with van der Waals surface area (Å²) in [5.41, 5.74) is 7.21. The third kappa shape index (κ3) is 3.90. The Balaban J connectivity index is 2.65. The van der Waals surface area contributed by atoms with Gasteiger partial charge in [-0.2, -0.15) is 0 Å². The minimum Gasteiger partial charge on any atom is -0.327 e. The van der Waals surface area contributed by atoms with E-state index in [2.05, 4.69) is 5.32 Å². The van der Waals surface area contributed by atoms with E-state index in [-0.39, 0.29) is 11.9 Å². The normalized spacial score (nSPS) is 12.3. The van der Waals surface area contributed by atoms with Crippen molar-refractivity contribution in [3.63, 3.8) is 0 Å². The summed E-state index contributed by atoms with van der Waals surface area (Å²) in [5.74, 6) is -0.0927. The van der Waals surface area contributed by atoms with Crippen LogP contribution in [0, 0.1) is 6.92 Å². The maximum Gasteiger partial charge on any atom is 0.225 e. The summed E-state index contributed by atoms with van der Waals surface area (Å²) in [4.78, 5) is 11.4. The number of aryl methyl sites for hydroxylation is 1. The van der Waals surface area contributed by atoms with Crippen molar-refractivity contribution in [2.75, 3.05) is 5.32 Å². The molecule has 1 aromatic carbocycles. The Labute approximate surface area is 94.6 Å². The van der Waals surface area contributed by atoms with Gasteiger partial charge in [0.2, 0.25) is 5.91 Å². The van der Waals surface area contributed by atoms with Gasteiger partial charge in [0.1, 0.15) is 0 Å². The van der Waals surface area contributed by atoms with Gasteiger partial charge >= 0.3 is 0 Å². The summed E-state index contributed by atoms with van der Waals surface area (Å²) in [6.07, 6.45) is 0.311. The largest absolute Gasteiger partial charge is 0.327 e. The topological polar surface area (TPSA) is 55.1 Å². The molecule has 15 heavy (non-hydrogen) atoms. The maximum atomic E-state index is 11.4. The number of hydrogen-bond acceptors (Lipinski definition) is 2. The van der Waals surface area contributed by atoms with Crippen LogP contribution < -0.4 is 11.1 Å². The van der Waals surface area contributed by atoms with Crippen molar-refractivity contribution in [3.8, 4) is 0 Å². The second-order valence-electron chi connectivity index (χ2n) is 3.69. The summed E-state index contributed by atoms with van der Waals surface area (Å²) in [7, 11) is 0. The van der Waals surface area contributed by atoms with Crippen LogP contribution in [0.1, 0.15) is 18.9 Å². The molecule has 0 spiro atoms. The van der Waals surface area contributed by atoms with Crippen molar-refractivity contribution < 1.29 is 4.79 Å². The van der Waals surface area contributed by atoms with E-state index in [1.165, 1.54) is 0 Å². The molecule has 1 unspecified atom stereocenters. The first-order chi connectivity index (χ1) is 6.99. The molecule has 0 bridgehead atoms. The SMILES string of the molecule is Cc1ccc(NC(=O)CC(C)N)cc1Cl. The lowest BCUT2D eigenvalue weighted by Crippen LogP contribution is -2.23. The van der Waals surface area contributed by atoms with Gasteiger partial charge in [-0.3, -0.25) is 4.79 Å². The van der Waals surface area contributed by atoms with Crippen LogP contribution >= 0.6 is 11.6 Å². The number of hydrogen-bond donors (Lipinski definition) is 2. The van der Waals surface area contributed by atoms with Gasteiger partial charge < -0.3 is 11.1 Å². The number of anilines is 1. The molecule has 1 amide bonds. The Morgan fingerprint density at radius 1 is 1.60 bits per heavy atom. The average Bonchev–Trinajstić information content (AvgIpc) is 2.10. The predicted molar refractivity (Wildman–Crippen MR) is 63.1 cm³/mol. The van der Waals surface area contributed by atoms with Crippen molar-refractivity contribution in [3.05, 3.63) is 28.8 Å². The molecule has 1 atom stereocenters. The van der Waals surface area contributed by atoms with Gasteiger partial charge in [0, 0.05) is 23.2 Å². The Kier molecular flexibility index (Phi) is 4.12. The number of halogens is 1. The van der Waals surface area contributed by atoms with Gasteiger partial charge in [0.05, 0.1) is 0 Å². The fraction of sp³-hybridized carbons (Fsp3) is 0.364. The van der Waals surface area contributed by atoms with Gasteiger partial charge in [0.15, 0.2) is 0 Å². The van der Waals surface area contributed by atoms with Gasteiger partial charge in [0.25, 0.3) is 0 Å². The summed E-state index contributed by atoms with van der Waals surface area (Å²) in [6.45, 7) is 3.71. The summed E-state index contributed by atoms with van der Waals surface area (Å²) in [6, 6.07) is 5.28. The second-order valence-corrected chi connectivity index (χ2v) is 4.10. The molecule has 0 aliphatic rings. The smallest absolute Gasteiger partial charge is 0.225 e. The summed E-state index contributed by atoms with van der Waals surface area (Å²) >= 11 is 5.93. The minimum atomic E-state index is -0.133. The van der Waals surface area contributed by atoms with Crippen LogP contribution in [0.5, 0.6) is 0 Å². The molecule has 3 N–H and O–H groups in total. The molecular weight excluding hydrogens is 212 g/mol. The molecule has 0 radical (unpaired) electrons. The lowest BCUT2D eigenvalue weighted by molar-refractivity contribution is -0.116. The van der Waals surface area contributed by atoms with Crippen LogP contribution in [0.4, 0.5) is 5.69 Å². The van der Waals surface area contributed by atoms with E-state index in [9.17, 15) is 4.79 Å². The maximum absolute atomic E-state index is 11.4. The van der Waals surface area contributed by atoms with Gasteiger partial charge in [-0.1, -0.05) is 17.7 Å². The van der Waals surface area contributed by atoms with E-state index < -0.39 is 0 Å². The number of carbonyl (C=O) groups excluding carboxylic acids is 1. The third-order valence-electron chi connectivity index (χ3n) is 1.96. The molecule has 0 saturated heterocycles. The number of nitrogens with one attached hydrogen (secondary N) is 1. The molecule has 0 aliphatic heterocycles. The molecule has 0 aliphatic carbocycles. The van der Waals surface area contributed by atoms with Crippen LogP contribution in [0.3, 0.4) is 0 Å². The monoisotopic (exact) mass is 226 g/mol. The minimum absolute atomic E-state index is 0.0927. The Bertz CT molecular complexity index is 364. The van der Waals surface area contributed by atoms with E-state index in [4.69, 9.17) is 17.3 Å². The van der Waals surface area contributed by atoms with Gasteiger partial charge in [-0.05, 0) is 31.5 Å². The van der Waals surface area contributed by atoms with Crippen molar-refractivity contribution in [2.24, 2.45) is 5.73 Å². The fourth-order valence-corrected chi connectivity index (χ4v) is 1.36. The van der Waals surface area contributed by atoms with Crippen LogP contribution in [-0.2, 0) is 4.79 Å².